The Balaban J connectivity index is 2.29. The Bertz CT molecular complexity index is 1040. The highest BCUT2D eigenvalue weighted by Gasteiger charge is 2.22. The molecule has 2 aromatic carbocycles. The van der Waals surface area contributed by atoms with E-state index in [2.05, 4.69) is 10.0 Å². The minimum Gasteiger partial charge on any atom is -0.326 e. The van der Waals surface area contributed by atoms with Crippen molar-refractivity contribution >= 4 is 37.3 Å². The maximum absolute atomic E-state index is 12.6. The second-order valence-electron chi connectivity index (χ2n) is 5.93. The number of rotatable bonds is 8. The molecule has 2 N–H and O–H groups in total. The Morgan fingerprint density at radius 3 is 2.04 bits per heavy atom. The fraction of sp³-hybridized carbons (Fsp3) is 0.278. The van der Waals surface area contributed by atoms with E-state index in [4.69, 9.17) is 0 Å². The zero-order valence-corrected chi connectivity index (χ0v) is 17.5. The first-order valence-corrected chi connectivity index (χ1v) is 11.5. The smallest absolute Gasteiger partial charge is 0.261 e. The molecule has 0 saturated carbocycles. The number of anilines is 2. The van der Waals surface area contributed by atoms with Gasteiger partial charge in [0.15, 0.2) is 0 Å². The van der Waals surface area contributed by atoms with E-state index in [1.54, 1.807) is 13.8 Å². The number of nitrogens with one attached hydrogen (secondary N) is 2. The molecule has 0 unspecified atom stereocenters. The minimum absolute atomic E-state index is 0.0115. The minimum atomic E-state index is -3.92. The number of benzene rings is 2. The van der Waals surface area contributed by atoms with Gasteiger partial charge in [-0.05, 0) is 42.5 Å². The van der Waals surface area contributed by atoms with Crippen molar-refractivity contribution in [2.24, 2.45) is 0 Å². The van der Waals surface area contributed by atoms with Crippen LogP contribution in [-0.4, -0.2) is 40.1 Å². The van der Waals surface area contributed by atoms with Gasteiger partial charge in [0.2, 0.25) is 15.9 Å². The van der Waals surface area contributed by atoms with Crippen LogP contribution >= 0.6 is 0 Å². The zero-order valence-electron chi connectivity index (χ0n) is 15.8. The van der Waals surface area contributed by atoms with Crippen LogP contribution in [0.25, 0.3) is 0 Å². The molecule has 0 aromatic heterocycles. The Hall–Kier alpha value is -2.43. The van der Waals surface area contributed by atoms with Crippen LogP contribution in [-0.2, 0) is 24.8 Å². The predicted octanol–water partition coefficient (Wildman–Crippen LogP) is 2.48. The van der Waals surface area contributed by atoms with E-state index in [1.807, 2.05) is 0 Å². The molecular formula is C18H23N3O5S2. The molecule has 8 nitrogen and oxygen atoms in total. The molecule has 0 aliphatic rings. The number of nitrogens with zero attached hydrogens (tertiary/aromatic N) is 1. The van der Waals surface area contributed by atoms with Crippen LogP contribution in [0.3, 0.4) is 0 Å². The molecule has 2 aromatic rings. The summed E-state index contributed by atoms with van der Waals surface area (Å²) < 4.78 is 54.1. The summed E-state index contributed by atoms with van der Waals surface area (Å²) in [4.78, 5) is 11.0. The fourth-order valence-electron chi connectivity index (χ4n) is 2.57. The van der Waals surface area contributed by atoms with Crippen molar-refractivity contribution in [1.29, 1.82) is 0 Å². The van der Waals surface area contributed by atoms with Crippen molar-refractivity contribution in [3.8, 4) is 0 Å². The van der Waals surface area contributed by atoms with Crippen molar-refractivity contribution in [3.05, 3.63) is 48.5 Å². The molecule has 0 saturated heterocycles. The standard InChI is InChI=1S/C18H23N3O5S2/c1-4-21(5-2)28(25,26)18-8-6-7-16(13-18)20-27(23,24)17-11-9-15(10-12-17)19-14(3)22/h6-13,20H,4-5H2,1-3H3,(H,19,22). The number of carbonyl (C=O) groups excluding carboxylic acids is 1. The molecule has 0 fully saturated rings. The van der Waals surface area contributed by atoms with Crippen LogP contribution in [0, 0.1) is 0 Å². The third-order valence-corrected chi connectivity index (χ3v) is 7.36. The summed E-state index contributed by atoms with van der Waals surface area (Å²) in [6.07, 6.45) is 0. The van der Waals surface area contributed by atoms with Gasteiger partial charge in [-0.3, -0.25) is 9.52 Å². The number of sulfonamides is 2. The van der Waals surface area contributed by atoms with Gasteiger partial charge in [0.1, 0.15) is 0 Å². The summed E-state index contributed by atoms with van der Waals surface area (Å²) in [6, 6.07) is 11.3. The normalized spacial score (nSPS) is 12.0. The first-order chi connectivity index (χ1) is 13.1. The molecule has 10 heteroatoms. The summed E-state index contributed by atoms with van der Waals surface area (Å²) in [5.74, 6) is -0.264. The second-order valence-corrected chi connectivity index (χ2v) is 9.55. The summed E-state index contributed by atoms with van der Waals surface area (Å²) in [5, 5.41) is 2.55. The lowest BCUT2D eigenvalue weighted by molar-refractivity contribution is -0.114. The third-order valence-electron chi connectivity index (χ3n) is 3.91. The number of hydrogen-bond acceptors (Lipinski definition) is 5. The van der Waals surface area contributed by atoms with Gasteiger partial charge in [-0.15, -0.1) is 0 Å². The largest absolute Gasteiger partial charge is 0.326 e. The van der Waals surface area contributed by atoms with Gasteiger partial charge < -0.3 is 5.32 Å². The molecule has 152 valence electrons. The molecule has 0 aliphatic heterocycles. The fourth-order valence-corrected chi connectivity index (χ4v) is 5.12. The quantitative estimate of drug-likeness (QED) is 0.675. The average molecular weight is 426 g/mol. The van der Waals surface area contributed by atoms with E-state index in [1.165, 1.54) is 59.8 Å². The van der Waals surface area contributed by atoms with Crippen LogP contribution in [0.4, 0.5) is 11.4 Å². The molecule has 28 heavy (non-hydrogen) atoms. The van der Waals surface area contributed by atoms with Crippen LogP contribution in [0.1, 0.15) is 20.8 Å². The van der Waals surface area contributed by atoms with Gasteiger partial charge in [-0.1, -0.05) is 19.9 Å². The van der Waals surface area contributed by atoms with Crippen LogP contribution in [0.5, 0.6) is 0 Å². The third kappa shape index (κ3) is 5.09. The van der Waals surface area contributed by atoms with Gasteiger partial charge >= 0.3 is 0 Å². The first-order valence-electron chi connectivity index (χ1n) is 8.61. The molecular weight excluding hydrogens is 402 g/mol. The monoisotopic (exact) mass is 425 g/mol. The SMILES string of the molecule is CCN(CC)S(=O)(=O)c1cccc(NS(=O)(=O)c2ccc(NC(C)=O)cc2)c1. The van der Waals surface area contributed by atoms with Gasteiger partial charge in [0.05, 0.1) is 15.5 Å². The molecule has 0 atom stereocenters. The van der Waals surface area contributed by atoms with Crippen molar-refractivity contribution in [2.45, 2.75) is 30.6 Å². The Kier molecular flexibility index (Phi) is 6.81. The second kappa shape index (κ2) is 8.72. The van der Waals surface area contributed by atoms with E-state index in [-0.39, 0.29) is 21.4 Å². The first kappa shape index (κ1) is 21.9. The highest BCUT2D eigenvalue weighted by molar-refractivity contribution is 7.92. The van der Waals surface area contributed by atoms with E-state index in [0.717, 1.165) is 0 Å². The van der Waals surface area contributed by atoms with Crippen molar-refractivity contribution in [2.75, 3.05) is 23.1 Å². The van der Waals surface area contributed by atoms with Crippen LogP contribution in [0.2, 0.25) is 0 Å². The maximum atomic E-state index is 12.6. The van der Waals surface area contributed by atoms with Crippen LogP contribution in [0.15, 0.2) is 58.3 Å². The van der Waals surface area contributed by atoms with Crippen molar-refractivity contribution in [3.63, 3.8) is 0 Å². The molecule has 0 heterocycles. The molecule has 0 aliphatic carbocycles. The molecule has 0 bridgehead atoms. The van der Waals surface area contributed by atoms with E-state index in [9.17, 15) is 21.6 Å². The van der Waals surface area contributed by atoms with Crippen molar-refractivity contribution in [1.82, 2.24) is 4.31 Å². The average Bonchev–Trinajstić information content (AvgIpc) is 2.62. The molecule has 0 spiro atoms. The lowest BCUT2D eigenvalue weighted by Gasteiger charge is -2.19. The summed E-state index contributed by atoms with van der Waals surface area (Å²) in [7, 11) is -7.63. The topological polar surface area (TPSA) is 113 Å². The highest BCUT2D eigenvalue weighted by Crippen LogP contribution is 2.22. The van der Waals surface area contributed by atoms with E-state index < -0.39 is 20.0 Å². The van der Waals surface area contributed by atoms with Crippen molar-refractivity contribution < 1.29 is 21.6 Å². The van der Waals surface area contributed by atoms with Gasteiger partial charge in [-0.25, -0.2) is 16.8 Å². The summed E-state index contributed by atoms with van der Waals surface area (Å²) in [6.45, 7) is 5.45. The lowest BCUT2D eigenvalue weighted by Crippen LogP contribution is -2.30. The Morgan fingerprint density at radius 1 is 0.893 bits per heavy atom. The number of carbonyl (C=O) groups is 1. The Morgan fingerprint density at radius 2 is 1.50 bits per heavy atom. The Labute approximate surface area is 165 Å². The number of hydrogen-bond donors (Lipinski definition) is 2. The zero-order chi connectivity index (χ0) is 20.9. The van der Waals surface area contributed by atoms with E-state index >= 15 is 0 Å². The van der Waals surface area contributed by atoms with Gasteiger partial charge in [0.25, 0.3) is 10.0 Å². The van der Waals surface area contributed by atoms with Crippen LogP contribution < -0.4 is 10.0 Å². The van der Waals surface area contributed by atoms with E-state index in [0.29, 0.717) is 18.8 Å². The molecule has 2 rings (SSSR count). The van der Waals surface area contributed by atoms with Gasteiger partial charge in [0, 0.05) is 25.7 Å². The van der Waals surface area contributed by atoms with Gasteiger partial charge in [-0.2, -0.15) is 4.31 Å². The predicted molar refractivity (Wildman–Crippen MR) is 108 cm³/mol. The summed E-state index contributed by atoms with van der Waals surface area (Å²) in [5.41, 5.74) is 0.609. The number of amides is 1. The maximum Gasteiger partial charge on any atom is 0.261 e. The summed E-state index contributed by atoms with van der Waals surface area (Å²) >= 11 is 0. The highest BCUT2D eigenvalue weighted by atomic mass is 32.2. The molecule has 0 radical (unpaired) electrons. The lowest BCUT2D eigenvalue weighted by atomic mass is 10.3. The molecule has 1 amide bonds.